The second-order valence-electron chi connectivity index (χ2n) is 20.0. The van der Waals surface area contributed by atoms with Gasteiger partial charge >= 0.3 is 0 Å². The molecule has 0 saturated heterocycles. The maximum absolute atomic E-state index is 8.22. The smallest absolute Gasteiger partial charge is 0.0305 e. The minimum atomic E-state index is -0.586. The topological polar surface area (TPSA) is 0 Å². The third kappa shape index (κ3) is 31.8. The third-order valence-corrected chi connectivity index (χ3v) is 14.5. The van der Waals surface area contributed by atoms with E-state index in [1.165, 1.54) is 64.2 Å². The molecule has 7 saturated carbocycles. The van der Waals surface area contributed by atoms with Crippen molar-refractivity contribution >= 4 is 0 Å². The predicted octanol–water partition coefficient (Wildman–Crippen LogP) is 22.0. The maximum atomic E-state index is 8.22. The quantitative estimate of drug-likeness (QED) is 0.224. The van der Waals surface area contributed by atoms with Crippen LogP contribution in [0.1, 0.15) is 344 Å². The lowest BCUT2D eigenvalue weighted by atomic mass is 9.82. The van der Waals surface area contributed by atoms with Crippen molar-refractivity contribution in [1.29, 1.82) is 0 Å². The van der Waals surface area contributed by atoms with Gasteiger partial charge in [-0.15, -0.1) is 0 Å². The van der Waals surface area contributed by atoms with Gasteiger partial charge in [0.2, 0.25) is 0 Å². The Balaban J connectivity index is 0.000000426. The van der Waals surface area contributed by atoms with Crippen LogP contribution in [-0.2, 0) is 0 Å². The zero-order chi connectivity index (χ0) is 55.9. The molecule has 0 nitrogen and oxygen atoms in total. The lowest BCUT2D eigenvalue weighted by Gasteiger charge is -2.24. The van der Waals surface area contributed by atoms with Crippen LogP contribution < -0.4 is 0 Å². The summed E-state index contributed by atoms with van der Waals surface area (Å²) in [6, 6.07) is 0. The summed E-state index contributed by atoms with van der Waals surface area (Å²) < 4.78 is 102. The molecule has 0 aliphatic heterocycles. The molecule has 7 fully saturated rings. The van der Waals surface area contributed by atoms with Crippen LogP contribution in [0.2, 0.25) is 0 Å². The largest absolute Gasteiger partial charge is 0.0651 e. The van der Waals surface area contributed by atoms with Crippen molar-refractivity contribution in [2.45, 2.75) is 326 Å². The van der Waals surface area contributed by atoms with Gasteiger partial charge in [-0.25, -0.2) is 0 Å². The van der Waals surface area contributed by atoms with E-state index < -0.39 is 47.2 Å². The van der Waals surface area contributed by atoms with Gasteiger partial charge in [-0.1, -0.05) is 326 Å². The highest BCUT2D eigenvalue weighted by Gasteiger charge is 2.18. The zero-order valence-corrected chi connectivity index (χ0v) is 42.9. The van der Waals surface area contributed by atoms with Crippen LogP contribution in [0.4, 0.5) is 0 Å². The van der Waals surface area contributed by atoms with E-state index in [-0.39, 0.29) is 31.0 Å². The first-order valence-corrected chi connectivity index (χ1v) is 26.9. The Labute approximate surface area is 402 Å². The van der Waals surface area contributed by atoms with E-state index in [0.717, 1.165) is 173 Å². The van der Waals surface area contributed by atoms with Gasteiger partial charge in [-0.2, -0.15) is 0 Å². The van der Waals surface area contributed by atoms with Crippen LogP contribution in [0.3, 0.4) is 0 Å². The summed E-state index contributed by atoms with van der Waals surface area (Å²) in [4.78, 5) is 0. The van der Waals surface area contributed by atoms with Crippen molar-refractivity contribution in [2.75, 3.05) is 0 Å². The van der Waals surface area contributed by atoms with Crippen LogP contribution in [0, 0.1) is 58.9 Å². The van der Waals surface area contributed by atoms with Crippen LogP contribution in [0.15, 0.2) is 0 Å². The molecule has 7 aliphatic carbocycles. The number of hydrogen-bond donors (Lipinski definition) is 0. The molecule has 360 valence electrons. The van der Waals surface area contributed by atoms with Gasteiger partial charge in [0.25, 0.3) is 0 Å². The Kier molecular flexibility index (Phi) is 26.5. The summed E-state index contributed by atoms with van der Waals surface area (Å²) in [5.41, 5.74) is 0. The van der Waals surface area contributed by atoms with Gasteiger partial charge in [0.15, 0.2) is 0 Å². The fraction of sp³-hybridized carbons (Fsp3) is 1.00. The molecular formula is C60H120. The van der Waals surface area contributed by atoms with Crippen molar-refractivity contribution in [1.82, 2.24) is 0 Å². The first-order valence-electron chi connectivity index (χ1n) is 33.6. The Morgan fingerprint density at radius 3 is 0.667 bits per heavy atom. The van der Waals surface area contributed by atoms with Crippen molar-refractivity contribution < 1.29 is 17.8 Å². The molecule has 60 heavy (non-hydrogen) atoms. The molecule has 3 unspecified atom stereocenters. The number of rotatable bonds is 7. The lowest BCUT2D eigenvalue weighted by molar-refractivity contribution is 0.279. The minimum absolute atomic E-state index is 0.0451. The van der Waals surface area contributed by atoms with Crippen LogP contribution in [0.25, 0.3) is 0 Å². The summed E-state index contributed by atoms with van der Waals surface area (Å²) in [6.07, 6.45) is 40.6. The summed E-state index contributed by atoms with van der Waals surface area (Å²) in [5, 5.41) is 0. The van der Waals surface area contributed by atoms with Gasteiger partial charge in [0.05, 0.1) is 0 Å². The molecular weight excluding hydrogens is 721 g/mol. The van der Waals surface area contributed by atoms with Crippen LogP contribution >= 0.6 is 0 Å². The summed E-state index contributed by atoms with van der Waals surface area (Å²) in [6.45, 7) is 18.9. The molecule has 0 spiro atoms. The van der Waals surface area contributed by atoms with Gasteiger partial charge in [-0.05, 0) is 58.9 Å². The Morgan fingerprint density at radius 2 is 0.467 bits per heavy atom. The molecule has 0 aromatic rings. The molecule has 0 aromatic heterocycles. The molecule has 0 heterocycles. The van der Waals surface area contributed by atoms with Crippen molar-refractivity contribution in [3.63, 3.8) is 0 Å². The first-order chi connectivity index (χ1) is 33.6. The van der Waals surface area contributed by atoms with E-state index in [9.17, 15) is 0 Å². The second-order valence-corrected chi connectivity index (χ2v) is 20.0. The third-order valence-electron chi connectivity index (χ3n) is 14.5. The molecule has 0 heteroatoms. The van der Waals surface area contributed by atoms with Gasteiger partial charge in [-0.3, -0.25) is 0 Å². The van der Waals surface area contributed by atoms with E-state index in [4.69, 9.17) is 17.8 Å². The summed E-state index contributed by atoms with van der Waals surface area (Å²) in [7, 11) is 0. The van der Waals surface area contributed by atoms with Crippen LogP contribution in [0.5, 0.6) is 0 Å². The summed E-state index contributed by atoms with van der Waals surface area (Å²) >= 11 is 0. The fourth-order valence-electron chi connectivity index (χ4n) is 9.90. The Hall–Kier alpha value is 0. The van der Waals surface area contributed by atoms with Gasteiger partial charge in [0, 0.05) is 17.8 Å². The van der Waals surface area contributed by atoms with E-state index >= 15 is 0 Å². The second kappa shape index (κ2) is 40.5. The first kappa shape index (κ1) is 39.2. The molecule has 7 aliphatic rings. The fourth-order valence-corrected chi connectivity index (χ4v) is 9.90. The van der Waals surface area contributed by atoms with E-state index in [1.807, 2.05) is 62.3 Å². The normalized spacial score (nSPS) is 32.3. The molecule has 0 radical (unpaired) electrons. The van der Waals surface area contributed by atoms with Gasteiger partial charge in [0.1, 0.15) is 0 Å². The van der Waals surface area contributed by atoms with E-state index in [0.29, 0.717) is 0 Å². The lowest BCUT2D eigenvalue weighted by Crippen LogP contribution is -2.12. The highest BCUT2D eigenvalue weighted by molar-refractivity contribution is 4.71. The Morgan fingerprint density at radius 1 is 0.300 bits per heavy atom. The molecule has 7 rings (SSSR count). The van der Waals surface area contributed by atoms with E-state index in [1.54, 1.807) is 0 Å². The minimum Gasteiger partial charge on any atom is -0.0651 e. The molecule has 0 bridgehead atoms. The highest BCUT2D eigenvalue weighted by Crippen LogP contribution is 2.32. The van der Waals surface area contributed by atoms with Gasteiger partial charge < -0.3 is 0 Å². The predicted molar refractivity (Wildman–Crippen MR) is 276 cm³/mol. The Bertz CT molecular complexity index is 1380. The SMILES string of the molecule is [2H]C(C)(C)C1([2H])CCCC1.[2H]C(C)(C)C1([2H])CCCCC1.[2H]C(C)(C)C1([2H])CCCCCC1.[2H]C(C)C1([2H])CCCC1.[2H]C(C)C1([2H])CCCCC1.[2H]C(C)C1([2H])CCCCCC1.[2H]C1(CC)CCCCCC1. The van der Waals surface area contributed by atoms with Crippen LogP contribution in [-0.4, -0.2) is 0 Å². The van der Waals surface area contributed by atoms with Crippen molar-refractivity contribution in [2.24, 2.45) is 58.9 Å². The van der Waals surface area contributed by atoms with E-state index in [2.05, 4.69) is 6.92 Å². The highest BCUT2D eigenvalue weighted by atomic mass is 14.2. The zero-order valence-electron chi connectivity index (χ0n) is 55.9. The maximum Gasteiger partial charge on any atom is 0.0305 e. The molecule has 0 aromatic carbocycles. The monoisotopic (exact) mass is 854 g/mol. The average molecular weight is 855 g/mol. The molecule has 0 amide bonds. The standard InChI is InChI=1S/C10H20.3C9H18.2C8H16.C7H14/c1-9(2)10-7-5-3-4-6-8-10;1-8(2)9-6-4-3-5-7-9;2*1-2-9-7-5-3-4-6-8-9;1-7(2)8-5-3-4-6-8;1-2-8-6-4-3-5-7-8;1-2-7-5-3-4-6-7/h9-10H,3-8H2,1-2H3;8-9H,3-7H2,1-2H3;2*9H,2-8H2,1H3;7-8H,3-6H2,1-2H3;8H,2-7H2,1H3;7H,2-6H2,1H3/i9D,10D;8D,9D;2D,9D;9D;7D,8D;2D,8D;2D,7D. The van der Waals surface area contributed by atoms with Crippen molar-refractivity contribution in [3.05, 3.63) is 0 Å². The van der Waals surface area contributed by atoms with Crippen molar-refractivity contribution in [3.8, 4) is 0 Å². The average Bonchev–Trinajstić information content (AvgIpc) is 3.73. The number of hydrogen-bond acceptors (Lipinski definition) is 0. The summed E-state index contributed by atoms with van der Waals surface area (Å²) in [5.74, 6) is -4.39. The molecule has 3 atom stereocenters. The molecule has 0 N–H and O–H groups in total.